The minimum Gasteiger partial charge on any atom is -0.426 e. The zero-order chi connectivity index (χ0) is 27.4. The van der Waals surface area contributed by atoms with Crippen molar-refractivity contribution in [3.05, 3.63) is 97.1 Å². The number of fused-ring (bicyclic) bond motifs is 14. The lowest BCUT2D eigenvalue weighted by Crippen LogP contribution is -2.14. The highest BCUT2D eigenvalue weighted by atomic mass is 31.2. The highest BCUT2D eigenvalue weighted by Gasteiger charge is 2.27. The smallest absolute Gasteiger partial charge is 0.384 e. The molecule has 0 radical (unpaired) electrons. The van der Waals surface area contributed by atoms with Gasteiger partial charge in [0.05, 0.1) is 0 Å². The number of nitrogens with zero attached hydrogens (tertiary/aromatic N) is 2. The third kappa shape index (κ3) is 4.48. The molecule has 0 aromatic heterocycles. The summed E-state index contributed by atoms with van der Waals surface area (Å²) in [7, 11) is 4.94. The SMILES string of the molecule is CN(C)P1Oc2ccc(c3cc4ccccc4cc23)OP(N(C)C)Oc2ccc(c3cc4ccccc4cc23)O1. The molecule has 0 spiro atoms. The summed E-state index contributed by atoms with van der Waals surface area (Å²) in [4.78, 5) is 0. The quantitative estimate of drug-likeness (QED) is 0.154. The van der Waals surface area contributed by atoms with Crippen molar-refractivity contribution in [2.75, 3.05) is 28.2 Å². The van der Waals surface area contributed by atoms with Gasteiger partial charge in [0.2, 0.25) is 0 Å². The van der Waals surface area contributed by atoms with Crippen LogP contribution in [0.1, 0.15) is 0 Å². The number of hydrogen-bond donors (Lipinski definition) is 0. The second-order valence-electron chi connectivity index (χ2n) is 10.1. The molecule has 0 amide bonds. The Hall–Kier alpha value is -3.66. The van der Waals surface area contributed by atoms with Crippen LogP contribution >= 0.6 is 17.1 Å². The molecule has 1 aliphatic heterocycles. The molecule has 0 unspecified atom stereocenters. The first-order valence-electron chi connectivity index (χ1n) is 13.0. The lowest BCUT2D eigenvalue weighted by molar-refractivity contribution is 0.415. The lowest BCUT2D eigenvalue weighted by atomic mass is 10.0. The van der Waals surface area contributed by atoms with Crippen LogP contribution in [0.4, 0.5) is 0 Å². The molecule has 6 nitrogen and oxygen atoms in total. The minimum absolute atomic E-state index is 0.742. The average molecular weight is 567 g/mol. The van der Waals surface area contributed by atoms with Gasteiger partial charge in [0, 0.05) is 21.5 Å². The largest absolute Gasteiger partial charge is 0.426 e. The first kappa shape index (κ1) is 25.3. The highest BCUT2D eigenvalue weighted by molar-refractivity contribution is 7.45. The summed E-state index contributed by atoms with van der Waals surface area (Å²) in [6.07, 6.45) is 0. The van der Waals surface area contributed by atoms with E-state index < -0.39 is 17.1 Å². The third-order valence-corrected chi connectivity index (χ3v) is 9.68. The van der Waals surface area contributed by atoms with Crippen molar-refractivity contribution in [3.63, 3.8) is 0 Å². The van der Waals surface area contributed by atoms with Gasteiger partial charge in [0.15, 0.2) is 0 Å². The van der Waals surface area contributed by atoms with Crippen molar-refractivity contribution in [1.29, 1.82) is 0 Å². The number of hydrogen-bond acceptors (Lipinski definition) is 6. The molecule has 4 bridgehead atoms. The first-order chi connectivity index (χ1) is 19.4. The molecule has 1 aliphatic rings. The maximum absolute atomic E-state index is 6.68. The van der Waals surface area contributed by atoms with E-state index in [0.29, 0.717) is 0 Å². The standard InChI is InChI=1S/C32H28N2O4P2/c1-33(2)39-35-29-13-15-31(27-19-23-11-7-5-9-21(23)17-25(27)29)37-40(34(3)4)38-32-16-14-30(36-39)26-18-22-10-6-8-12-24(22)20-28(26)32/h5-20H,1-4H3. The van der Waals surface area contributed by atoms with Crippen LogP contribution in [-0.2, 0) is 0 Å². The summed E-state index contributed by atoms with van der Waals surface area (Å²) in [5.74, 6) is 2.97. The van der Waals surface area contributed by atoms with E-state index in [0.717, 1.165) is 66.1 Å². The topological polar surface area (TPSA) is 43.4 Å². The van der Waals surface area contributed by atoms with Crippen LogP contribution in [0, 0.1) is 0 Å². The Balaban J connectivity index is 1.48. The molecule has 200 valence electrons. The second-order valence-corrected chi connectivity index (χ2v) is 13.4. The summed E-state index contributed by atoms with van der Waals surface area (Å²) in [5.41, 5.74) is 0. The molecule has 40 heavy (non-hydrogen) atoms. The molecule has 0 fully saturated rings. The van der Waals surface area contributed by atoms with Gasteiger partial charge < -0.3 is 18.1 Å². The zero-order valence-electron chi connectivity index (χ0n) is 22.7. The summed E-state index contributed by atoms with van der Waals surface area (Å²) in [5, 5.41) is 8.38. The van der Waals surface area contributed by atoms with Gasteiger partial charge in [-0.2, -0.15) is 0 Å². The van der Waals surface area contributed by atoms with Crippen molar-refractivity contribution >= 4 is 60.1 Å². The predicted octanol–water partition coefficient (Wildman–Crippen LogP) is 9.11. The van der Waals surface area contributed by atoms with Gasteiger partial charge in [-0.05, 0) is 98.3 Å². The molecule has 6 aromatic rings. The van der Waals surface area contributed by atoms with Crippen LogP contribution in [0.3, 0.4) is 0 Å². The zero-order valence-corrected chi connectivity index (χ0v) is 24.4. The Kier molecular flexibility index (Phi) is 6.37. The molecule has 1 heterocycles. The molecule has 0 atom stereocenters. The van der Waals surface area contributed by atoms with Crippen molar-refractivity contribution in [3.8, 4) is 23.0 Å². The maximum atomic E-state index is 6.68. The van der Waals surface area contributed by atoms with Gasteiger partial charge in [-0.1, -0.05) is 48.5 Å². The van der Waals surface area contributed by atoms with Crippen LogP contribution in [0.15, 0.2) is 97.1 Å². The first-order valence-corrected chi connectivity index (χ1v) is 15.3. The summed E-state index contributed by atoms with van der Waals surface area (Å²) in [6.45, 7) is 0. The number of benzene rings is 6. The Labute approximate surface area is 235 Å². The molecular weight excluding hydrogens is 538 g/mol. The Morgan fingerprint density at radius 1 is 0.400 bits per heavy atom. The lowest BCUT2D eigenvalue weighted by Gasteiger charge is -2.28. The summed E-state index contributed by atoms with van der Waals surface area (Å²) < 4.78 is 30.7. The van der Waals surface area contributed by atoms with Gasteiger partial charge in [-0.15, -0.1) is 0 Å². The van der Waals surface area contributed by atoms with E-state index in [2.05, 4.69) is 48.5 Å². The second kappa shape index (κ2) is 10.1. The summed E-state index contributed by atoms with van der Waals surface area (Å²) >= 11 is 0. The molecule has 0 saturated heterocycles. The molecule has 7 rings (SSSR count). The fraction of sp³-hybridized carbons (Fsp3) is 0.125. The van der Waals surface area contributed by atoms with Crippen LogP contribution < -0.4 is 18.1 Å². The molecule has 8 heteroatoms. The van der Waals surface area contributed by atoms with Crippen molar-refractivity contribution < 1.29 is 18.1 Å². The van der Waals surface area contributed by atoms with E-state index in [1.165, 1.54) is 0 Å². The van der Waals surface area contributed by atoms with Crippen LogP contribution in [0.2, 0.25) is 0 Å². The fourth-order valence-corrected chi connectivity index (χ4v) is 7.01. The maximum Gasteiger partial charge on any atom is 0.384 e. The van der Waals surface area contributed by atoms with Gasteiger partial charge >= 0.3 is 17.1 Å². The molecule has 6 aromatic carbocycles. The van der Waals surface area contributed by atoms with Crippen LogP contribution in [-0.4, -0.2) is 37.5 Å². The predicted molar refractivity (Wildman–Crippen MR) is 167 cm³/mol. The van der Waals surface area contributed by atoms with Gasteiger partial charge in [-0.3, -0.25) is 0 Å². The molecule has 0 N–H and O–H groups in total. The van der Waals surface area contributed by atoms with E-state index in [9.17, 15) is 0 Å². The normalized spacial score (nSPS) is 17.2. The summed E-state index contributed by atoms with van der Waals surface area (Å²) in [6, 6.07) is 33.2. The Morgan fingerprint density at radius 2 is 0.650 bits per heavy atom. The van der Waals surface area contributed by atoms with E-state index in [1.54, 1.807) is 0 Å². The number of rotatable bonds is 2. The third-order valence-electron chi connectivity index (χ3n) is 6.96. The monoisotopic (exact) mass is 566 g/mol. The minimum atomic E-state index is -1.48. The Bertz CT molecular complexity index is 1640. The van der Waals surface area contributed by atoms with Crippen LogP contribution in [0.25, 0.3) is 43.1 Å². The van der Waals surface area contributed by atoms with Crippen molar-refractivity contribution in [1.82, 2.24) is 9.34 Å². The molecule has 0 saturated carbocycles. The van der Waals surface area contributed by atoms with Gasteiger partial charge in [0.25, 0.3) is 0 Å². The van der Waals surface area contributed by atoms with E-state index in [1.807, 2.05) is 86.1 Å². The highest BCUT2D eigenvalue weighted by Crippen LogP contribution is 2.52. The van der Waals surface area contributed by atoms with Crippen LogP contribution in [0.5, 0.6) is 23.0 Å². The van der Waals surface area contributed by atoms with Gasteiger partial charge in [0.1, 0.15) is 23.0 Å². The molecule has 0 aliphatic carbocycles. The van der Waals surface area contributed by atoms with E-state index >= 15 is 0 Å². The van der Waals surface area contributed by atoms with Crippen molar-refractivity contribution in [2.24, 2.45) is 0 Å². The van der Waals surface area contributed by atoms with E-state index in [-0.39, 0.29) is 0 Å². The molecular formula is C32H28N2O4P2. The average Bonchev–Trinajstić information content (AvgIpc) is 2.96. The van der Waals surface area contributed by atoms with Gasteiger partial charge in [-0.25, -0.2) is 9.34 Å². The van der Waals surface area contributed by atoms with E-state index in [4.69, 9.17) is 18.1 Å². The fourth-order valence-electron chi connectivity index (χ4n) is 4.98. The Morgan fingerprint density at radius 3 is 0.875 bits per heavy atom. The van der Waals surface area contributed by atoms with Crippen molar-refractivity contribution in [2.45, 2.75) is 0 Å².